The number of nitrogens with one attached hydrogen (secondary N) is 1. The van der Waals surface area contributed by atoms with Gasteiger partial charge in [-0.05, 0) is 87.6 Å². The van der Waals surface area contributed by atoms with Gasteiger partial charge in [0.25, 0.3) is 10.0 Å². The van der Waals surface area contributed by atoms with Crippen molar-refractivity contribution in [3.05, 3.63) is 58.8 Å². The zero-order valence-electron chi connectivity index (χ0n) is 31.2. The molecule has 0 aliphatic carbocycles. The minimum absolute atomic E-state index is 0.0609. The number of allylic oxidation sites excluding steroid dienone is 1. The van der Waals surface area contributed by atoms with Crippen molar-refractivity contribution in [2.75, 3.05) is 31.7 Å². The molecule has 2 aromatic carbocycles. The number of aromatic nitrogens is 3. The summed E-state index contributed by atoms with van der Waals surface area (Å²) in [6, 6.07) is 13.8. The predicted molar refractivity (Wildman–Crippen MR) is 199 cm³/mol. The minimum atomic E-state index is -4.15. The first-order chi connectivity index (χ1) is 24.5. The summed E-state index contributed by atoms with van der Waals surface area (Å²) in [7, 11) is -2.82. The number of rotatable bonds is 18. The SMILES string of the molecule is CCCN(CCC)c1ccc2cc(C=C(C#N)S(=O)(=O)NC(C)(C)CCOC(C)(C)Cc3cn(CC4OC(OC)C(O)C(O)C4O)nn3)ccc2c1. The molecule has 4 rings (SSSR count). The van der Waals surface area contributed by atoms with E-state index in [1.807, 2.05) is 44.2 Å². The van der Waals surface area contributed by atoms with Crippen molar-refractivity contribution in [2.24, 2.45) is 0 Å². The van der Waals surface area contributed by atoms with Gasteiger partial charge in [-0.15, -0.1) is 5.10 Å². The number of aliphatic hydroxyl groups is 3. The summed E-state index contributed by atoms with van der Waals surface area (Å²) in [6.07, 6.45) is -0.304. The predicted octanol–water partition coefficient (Wildman–Crippen LogP) is 3.50. The first-order valence-electron chi connectivity index (χ1n) is 17.7. The van der Waals surface area contributed by atoms with Gasteiger partial charge < -0.3 is 34.4 Å². The van der Waals surface area contributed by atoms with Gasteiger partial charge in [-0.2, -0.15) is 5.26 Å². The molecular formula is C37H54N6O8S. The molecule has 1 aliphatic rings. The van der Waals surface area contributed by atoms with E-state index in [9.17, 15) is 29.0 Å². The summed E-state index contributed by atoms with van der Waals surface area (Å²) in [5.41, 5.74) is 0.734. The van der Waals surface area contributed by atoms with Gasteiger partial charge in [-0.3, -0.25) is 0 Å². The maximum atomic E-state index is 13.4. The number of methoxy groups -OCH3 is 1. The molecule has 1 aromatic heterocycles. The Labute approximate surface area is 307 Å². The number of hydrogen-bond acceptors (Lipinski definition) is 12. The lowest BCUT2D eigenvalue weighted by Crippen LogP contribution is -2.58. The largest absolute Gasteiger partial charge is 0.388 e. The molecule has 15 heteroatoms. The zero-order valence-corrected chi connectivity index (χ0v) is 32.0. The van der Waals surface area contributed by atoms with Crippen LogP contribution in [0, 0.1) is 11.3 Å². The summed E-state index contributed by atoms with van der Waals surface area (Å²) in [5.74, 6) is 0. The van der Waals surface area contributed by atoms with Crippen molar-refractivity contribution >= 4 is 32.6 Å². The van der Waals surface area contributed by atoms with E-state index >= 15 is 0 Å². The first kappa shape index (κ1) is 41.3. The van der Waals surface area contributed by atoms with Gasteiger partial charge in [0.15, 0.2) is 11.2 Å². The van der Waals surface area contributed by atoms with Crippen LogP contribution in [0.25, 0.3) is 16.8 Å². The van der Waals surface area contributed by atoms with E-state index in [4.69, 9.17) is 14.2 Å². The fourth-order valence-electron chi connectivity index (χ4n) is 6.26. The molecule has 286 valence electrons. The zero-order chi connectivity index (χ0) is 38.3. The van der Waals surface area contributed by atoms with E-state index in [1.54, 1.807) is 20.0 Å². The van der Waals surface area contributed by atoms with Gasteiger partial charge >= 0.3 is 0 Å². The number of ether oxygens (including phenoxy) is 3. The Hall–Kier alpha value is -3.46. The lowest BCUT2D eigenvalue weighted by atomic mass is 9.99. The van der Waals surface area contributed by atoms with Crippen molar-refractivity contribution in [2.45, 2.75) is 116 Å². The Morgan fingerprint density at radius 1 is 1.06 bits per heavy atom. The lowest BCUT2D eigenvalue weighted by Gasteiger charge is -2.39. The van der Waals surface area contributed by atoms with Crippen LogP contribution < -0.4 is 9.62 Å². The summed E-state index contributed by atoms with van der Waals surface area (Å²) >= 11 is 0. The van der Waals surface area contributed by atoms with Crippen molar-refractivity contribution in [1.29, 1.82) is 5.26 Å². The Bertz CT molecular complexity index is 1810. The fourth-order valence-corrected chi connectivity index (χ4v) is 7.61. The molecule has 0 radical (unpaired) electrons. The van der Waals surface area contributed by atoms with Crippen molar-refractivity contribution in [3.8, 4) is 6.07 Å². The number of aliphatic hydroxyl groups excluding tert-OH is 3. The number of benzene rings is 2. The summed E-state index contributed by atoms with van der Waals surface area (Å²) in [6.45, 7) is 13.8. The third-order valence-electron chi connectivity index (χ3n) is 8.99. The van der Waals surface area contributed by atoms with Crippen LogP contribution in [0.4, 0.5) is 5.69 Å². The number of nitrogens with zero attached hydrogens (tertiary/aromatic N) is 5. The molecule has 0 spiro atoms. The van der Waals surface area contributed by atoms with Crippen LogP contribution in [0.3, 0.4) is 0 Å². The Balaban J connectivity index is 1.33. The van der Waals surface area contributed by atoms with E-state index in [-0.39, 0.29) is 18.1 Å². The minimum Gasteiger partial charge on any atom is -0.388 e. The molecule has 5 atom stereocenters. The van der Waals surface area contributed by atoms with E-state index in [2.05, 4.69) is 45.9 Å². The van der Waals surface area contributed by atoms with Crippen LogP contribution in [0.1, 0.15) is 72.1 Å². The second kappa shape index (κ2) is 17.6. The monoisotopic (exact) mass is 742 g/mol. The molecule has 4 N–H and O–H groups in total. The molecule has 14 nitrogen and oxygen atoms in total. The van der Waals surface area contributed by atoms with Gasteiger partial charge in [-0.25, -0.2) is 17.8 Å². The quantitative estimate of drug-likeness (QED) is 0.139. The summed E-state index contributed by atoms with van der Waals surface area (Å²) in [4.78, 5) is 1.98. The number of nitriles is 1. The molecule has 0 amide bonds. The van der Waals surface area contributed by atoms with Gasteiger partial charge in [0, 0.05) is 50.7 Å². The van der Waals surface area contributed by atoms with Crippen molar-refractivity contribution in [3.63, 3.8) is 0 Å². The summed E-state index contributed by atoms with van der Waals surface area (Å²) < 4.78 is 47.7. The molecule has 52 heavy (non-hydrogen) atoms. The Kier molecular flexibility index (Phi) is 14.0. The van der Waals surface area contributed by atoms with E-state index in [1.165, 1.54) is 17.9 Å². The highest BCUT2D eigenvalue weighted by atomic mass is 32.2. The third kappa shape index (κ3) is 10.8. The molecule has 1 fully saturated rings. The maximum absolute atomic E-state index is 13.4. The summed E-state index contributed by atoms with van der Waals surface area (Å²) in [5, 5.41) is 50.7. The van der Waals surface area contributed by atoms with Crippen LogP contribution in [-0.4, -0.2) is 107 Å². The average Bonchev–Trinajstić information content (AvgIpc) is 3.51. The highest BCUT2D eigenvalue weighted by Gasteiger charge is 2.44. The van der Waals surface area contributed by atoms with E-state index < -0.39 is 51.9 Å². The van der Waals surface area contributed by atoms with E-state index in [0.717, 1.165) is 42.4 Å². The number of anilines is 1. The van der Waals surface area contributed by atoms with Gasteiger partial charge in [0.2, 0.25) is 0 Å². The van der Waals surface area contributed by atoms with Crippen molar-refractivity contribution in [1.82, 2.24) is 19.7 Å². The number of fused-ring (bicyclic) bond motifs is 1. The molecular weight excluding hydrogens is 689 g/mol. The molecule has 1 aliphatic heterocycles. The van der Waals surface area contributed by atoms with Crippen LogP contribution in [0.5, 0.6) is 0 Å². The standard InChI is InChI=1S/C37H54N6O8S/c1-8-15-42(16-9-2)29-13-12-26-18-25(10-11-27(26)20-29)19-30(22-38)52(47,48)40-36(3,4)14-17-50-37(5,6)21-28-23-43(41-39-28)24-31-32(44)33(45)34(46)35(49-7)51-31/h10-13,18-20,23,31-35,40,44-46H,8-9,14-17,21,24H2,1-7H3. The van der Waals surface area contributed by atoms with Gasteiger partial charge in [-0.1, -0.05) is 37.3 Å². The lowest BCUT2D eigenvalue weighted by molar-refractivity contribution is -0.292. The van der Waals surface area contributed by atoms with Gasteiger partial charge in [0.1, 0.15) is 30.5 Å². The highest BCUT2D eigenvalue weighted by molar-refractivity contribution is 7.93. The maximum Gasteiger partial charge on any atom is 0.251 e. The number of hydrogen-bond donors (Lipinski definition) is 4. The smallest absolute Gasteiger partial charge is 0.251 e. The molecule has 5 unspecified atom stereocenters. The molecule has 2 heterocycles. The van der Waals surface area contributed by atoms with Crippen LogP contribution in [0.15, 0.2) is 47.5 Å². The molecule has 1 saturated heterocycles. The van der Waals surface area contributed by atoms with Crippen molar-refractivity contribution < 1.29 is 37.9 Å². The molecule has 0 saturated carbocycles. The first-order valence-corrected chi connectivity index (χ1v) is 19.2. The van der Waals surface area contributed by atoms with Gasteiger partial charge in [0.05, 0.1) is 17.8 Å². The van der Waals surface area contributed by atoms with E-state index in [0.29, 0.717) is 24.1 Å². The number of sulfonamides is 1. The normalized spacial score (nSPS) is 21.7. The topological polar surface area (TPSA) is 192 Å². The Morgan fingerprint density at radius 3 is 2.38 bits per heavy atom. The molecule has 0 bridgehead atoms. The highest BCUT2D eigenvalue weighted by Crippen LogP contribution is 2.27. The second-order valence-electron chi connectivity index (χ2n) is 14.6. The Morgan fingerprint density at radius 2 is 1.73 bits per heavy atom. The average molecular weight is 743 g/mol. The second-order valence-corrected chi connectivity index (χ2v) is 16.3. The third-order valence-corrected chi connectivity index (χ3v) is 10.6. The van der Waals surface area contributed by atoms with Crippen LogP contribution in [-0.2, 0) is 37.2 Å². The van der Waals surface area contributed by atoms with Crippen LogP contribution >= 0.6 is 0 Å². The fraction of sp³-hybridized carbons (Fsp3) is 0.595. The molecule has 3 aromatic rings. The van der Waals surface area contributed by atoms with Crippen LogP contribution in [0.2, 0.25) is 0 Å².